The van der Waals surface area contributed by atoms with Gasteiger partial charge in [-0.05, 0) is 30.4 Å². The lowest BCUT2D eigenvalue weighted by Crippen LogP contribution is -2.31. The summed E-state index contributed by atoms with van der Waals surface area (Å²) < 4.78 is 5.20. The Balaban J connectivity index is 2.00. The van der Waals surface area contributed by atoms with E-state index >= 15 is 0 Å². The van der Waals surface area contributed by atoms with Crippen LogP contribution in [0.1, 0.15) is 43.3 Å². The first-order chi connectivity index (χ1) is 8.91. The van der Waals surface area contributed by atoms with Crippen LogP contribution in [0.15, 0.2) is 16.7 Å². The van der Waals surface area contributed by atoms with Gasteiger partial charge in [0.2, 0.25) is 0 Å². The third kappa shape index (κ3) is 3.16. The van der Waals surface area contributed by atoms with E-state index in [9.17, 15) is 4.79 Å². The molecule has 0 aromatic carbocycles. The molecule has 19 heavy (non-hydrogen) atoms. The zero-order valence-electron chi connectivity index (χ0n) is 11.9. The Morgan fingerprint density at radius 3 is 2.89 bits per heavy atom. The van der Waals surface area contributed by atoms with Crippen molar-refractivity contribution < 1.29 is 9.21 Å². The number of hydrogen-bond acceptors (Lipinski definition) is 4. The Hall–Kier alpha value is -1.33. The summed E-state index contributed by atoms with van der Waals surface area (Å²) in [6.45, 7) is 9.73. The molecule has 0 spiro atoms. The zero-order chi connectivity index (χ0) is 14.0. The fraction of sp³-hybridized carbons (Fsp3) is 0.643. The molecular formula is C14H23N3O2. The number of carbonyl (C=O) groups is 1. The van der Waals surface area contributed by atoms with Crippen LogP contribution < -0.4 is 11.3 Å². The maximum atomic E-state index is 11.5. The quantitative estimate of drug-likeness (QED) is 0.496. The molecule has 1 aliphatic rings. The Morgan fingerprint density at radius 1 is 1.58 bits per heavy atom. The number of nitrogens with one attached hydrogen (secondary N) is 1. The molecule has 1 fully saturated rings. The largest absolute Gasteiger partial charge is 0.459 e. The van der Waals surface area contributed by atoms with Crippen molar-refractivity contribution in [2.24, 2.45) is 17.2 Å². The molecule has 0 bridgehead atoms. The van der Waals surface area contributed by atoms with Crippen LogP contribution in [0.3, 0.4) is 0 Å². The van der Waals surface area contributed by atoms with Crippen molar-refractivity contribution in [3.05, 3.63) is 23.7 Å². The molecule has 1 aromatic rings. The highest BCUT2D eigenvalue weighted by Gasteiger charge is 2.32. The van der Waals surface area contributed by atoms with Gasteiger partial charge < -0.3 is 4.42 Å². The summed E-state index contributed by atoms with van der Waals surface area (Å²) in [5.41, 5.74) is 3.35. The number of nitrogen functional groups attached to an aromatic ring is 1. The van der Waals surface area contributed by atoms with Gasteiger partial charge in [0.25, 0.3) is 0 Å². The molecule has 1 saturated heterocycles. The molecule has 106 valence electrons. The van der Waals surface area contributed by atoms with Crippen molar-refractivity contribution >= 4 is 5.91 Å². The summed E-state index contributed by atoms with van der Waals surface area (Å²) in [6.07, 6.45) is 2.75. The number of amides is 1. The lowest BCUT2D eigenvalue weighted by atomic mass is 9.80. The van der Waals surface area contributed by atoms with Crippen LogP contribution in [-0.2, 0) is 6.54 Å². The number of hydrogen-bond donors (Lipinski definition) is 2. The first kappa shape index (κ1) is 14.1. The van der Waals surface area contributed by atoms with E-state index in [2.05, 4.69) is 31.1 Å². The average molecular weight is 265 g/mol. The second-order valence-corrected chi connectivity index (χ2v) is 6.34. The molecule has 0 saturated carbocycles. The molecule has 1 aliphatic heterocycles. The Kier molecular flexibility index (Phi) is 3.96. The first-order valence-corrected chi connectivity index (χ1v) is 6.71. The van der Waals surface area contributed by atoms with Crippen LogP contribution in [0, 0.1) is 11.3 Å². The maximum absolute atomic E-state index is 11.5. The van der Waals surface area contributed by atoms with Gasteiger partial charge >= 0.3 is 5.91 Å². The average Bonchev–Trinajstić information content (AvgIpc) is 2.97. The molecule has 0 aliphatic carbocycles. The SMILES string of the molecule is CC(C)(C)C1CCN(Cc2ccoc2C(=O)NN)C1. The van der Waals surface area contributed by atoms with Gasteiger partial charge in [-0.15, -0.1) is 0 Å². The molecular weight excluding hydrogens is 242 g/mol. The lowest BCUT2D eigenvalue weighted by Gasteiger charge is -2.27. The number of likely N-dealkylation sites (tertiary alicyclic amines) is 1. The highest BCUT2D eigenvalue weighted by molar-refractivity contribution is 5.92. The summed E-state index contributed by atoms with van der Waals surface area (Å²) in [7, 11) is 0. The van der Waals surface area contributed by atoms with Gasteiger partial charge in [0.05, 0.1) is 6.26 Å². The monoisotopic (exact) mass is 265 g/mol. The standard InChI is InChI=1S/C14H23N3O2/c1-14(2,3)11-4-6-17(9-11)8-10-5-7-19-12(10)13(18)16-15/h5,7,11H,4,6,8-9,15H2,1-3H3,(H,16,18). The predicted molar refractivity (Wildman–Crippen MR) is 73.2 cm³/mol. The van der Waals surface area contributed by atoms with E-state index in [0.717, 1.165) is 25.2 Å². The molecule has 1 unspecified atom stereocenters. The normalized spacial score (nSPS) is 20.7. The molecule has 2 heterocycles. The number of carbonyl (C=O) groups excluding carboxylic acids is 1. The second kappa shape index (κ2) is 5.35. The van der Waals surface area contributed by atoms with Crippen molar-refractivity contribution in [3.8, 4) is 0 Å². The number of nitrogens with zero attached hydrogens (tertiary/aromatic N) is 1. The summed E-state index contributed by atoms with van der Waals surface area (Å²) in [6, 6.07) is 1.84. The minimum atomic E-state index is -0.369. The second-order valence-electron chi connectivity index (χ2n) is 6.34. The molecule has 0 radical (unpaired) electrons. The smallest absolute Gasteiger partial charge is 0.301 e. The minimum absolute atomic E-state index is 0.321. The van der Waals surface area contributed by atoms with Crippen LogP contribution in [0.4, 0.5) is 0 Å². The summed E-state index contributed by atoms with van der Waals surface area (Å²) in [4.78, 5) is 13.9. The van der Waals surface area contributed by atoms with E-state index in [0.29, 0.717) is 17.1 Å². The van der Waals surface area contributed by atoms with Crippen molar-refractivity contribution in [1.29, 1.82) is 0 Å². The van der Waals surface area contributed by atoms with Gasteiger partial charge in [0, 0.05) is 18.7 Å². The van der Waals surface area contributed by atoms with Crippen LogP contribution in [0.2, 0.25) is 0 Å². The Bertz CT molecular complexity index is 448. The molecule has 3 N–H and O–H groups in total. The van der Waals surface area contributed by atoms with Crippen molar-refractivity contribution in [2.75, 3.05) is 13.1 Å². The molecule has 5 heteroatoms. The first-order valence-electron chi connectivity index (χ1n) is 6.71. The van der Waals surface area contributed by atoms with Gasteiger partial charge in [0.15, 0.2) is 5.76 Å². The predicted octanol–water partition coefficient (Wildman–Crippen LogP) is 1.75. The summed E-state index contributed by atoms with van der Waals surface area (Å²) >= 11 is 0. The lowest BCUT2D eigenvalue weighted by molar-refractivity contribution is 0.0923. The maximum Gasteiger partial charge on any atom is 0.301 e. The van der Waals surface area contributed by atoms with Crippen LogP contribution >= 0.6 is 0 Å². The summed E-state index contributed by atoms with van der Waals surface area (Å²) in [5.74, 6) is 5.80. The third-order valence-electron chi connectivity index (χ3n) is 3.98. The van der Waals surface area contributed by atoms with E-state index in [1.807, 2.05) is 6.07 Å². The van der Waals surface area contributed by atoms with Gasteiger partial charge in [-0.3, -0.25) is 15.1 Å². The zero-order valence-corrected chi connectivity index (χ0v) is 11.9. The Labute approximate surface area is 114 Å². The number of rotatable bonds is 3. The van der Waals surface area contributed by atoms with Gasteiger partial charge in [-0.1, -0.05) is 20.8 Å². The van der Waals surface area contributed by atoms with Gasteiger partial charge in [0.1, 0.15) is 0 Å². The fourth-order valence-corrected chi connectivity index (χ4v) is 2.65. The summed E-state index contributed by atoms with van der Waals surface area (Å²) in [5, 5.41) is 0. The van der Waals surface area contributed by atoms with E-state index < -0.39 is 0 Å². The van der Waals surface area contributed by atoms with Crippen molar-refractivity contribution in [3.63, 3.8) is 0 Å². The van der Waals surface area contributed by atoms with E-state index in [-0.39, 0.29) is 5.91 Å². The van der Waals surface area contributed by atoms with Crippen molar-refractivity contribution in [1.82, 2.24) is 10.3 Å². The minimum Gasteiger partial charge on any atom is -0.459 e. The van der Waals surface area contributed by atoms with E-state index in [1.165, 1.54) is 12.7 Å². The van der Waals surface area contributed by atoms with Crippen LogP contribution in [0.5, 0.6) is 0 Å². The van der Waals surface area contributed by atoms with Crippen molar-refractivity contribution in [2.45, 2.75) is 33.7 Å². The highest BCUT2D eigenvalue weighted by Crippen LogP contribution is 2.34. The van der Waals surface area contributed by atoms with E-state index in [1.54, 1.807) is 0 Å². The number of furan rings is 1. The van der Waals surface area contributed by atoms with Crippen LogP contribution in [0.25, 0.3) is 0 Å². The molecule has 2 rings (SSSR count). The van der Waals surface area contributed by atoms with Gasteiger partial charge in [-0.25, -0.2) is 5.84 Å². The molecule has 5 nitrogen and oxygen atoms in total. The highest BCUT2D eigenvalue weighted by atomic mass is 16.3. The van der Waals surface area contributed by atoms with E-state index in [4.69, 9.17) is 10.3 Å². The number of hydrazine groups is 1. The Morgan fingerprint density at radius 2 is 2.32 bits per heavy atom. The fourth-order valence-electron chi connectivity index (χ4n) is 2.65. The van der Waals surface area contributed by atoms with Crippen LogP contribution in [-0.4, -0.2) is 23.9 Å². The molecule has 1 atom stereocenters. The molecule has 1 aromatic heterocycles. The molecule has 1 amide bonds. The van der Waals surface area contributed by atoms with Gasteiger partial charge in [-0.2, -0.15) is 0 Å². The topological polar surface area (TPSA) is 71.5 Å². The third-order valence-corrected chi connectivity index (χ3v) is 3.98. The number of nitrogens with two attached hydrogens (primary N) is 1.